The molecule has 1 aliphatic rings. The number of aliphatic hydroxyl groups excluding tert-OH is 1. The van der Waals surface area contributed by atoms with Gasteiger partial charge in [-0.05, 0) is 37.0 Å². The van der Waals surface area contributed by atoms with Gasteiger partial charge in [0.25, 0.3) is 5.91 Å². The first-order valence-corrected chi connectivity index (χ1v) is 7.86. The topological polar surface area (TPSA) is 40.5 Å². The van der Waals surface area contributed by atoms with E-state index >= 15 is 0 Å². The second kappa shape index (κ2) is 6.75. The molecule has 22 heavy (non-hydrogen) atoms. The van der Waals surface area contributed by atoms with E-state index in [1.807, 2.05) is 65.6 Å². The lowest BCUT2D eigenvalue weighted by molar-refractivity contribution is 0.0212. The number of aliphatic hydroxyl groups is 1. The zero-order valence-electron chi connectivity index (χ0n) is 12.6. The lowest BCUT2D eigenvalue weighted by Gasteiger charge is -2.38. The third kappa shape index (κ3) is 3.04. The zero-order valence-corrected chi connectivity index (χ0v) is 12.6. The Morgan fingerprint density at radius 1 is 1.00 bits per heavy atom. The molecule has 0 aromatic heterocycles. The van der Waals surface area contributed by atoms with Crippen LogP contribution in [-0.4, -0.2) is 28.5 Å². The number of nitrogens with zero attached hydrogens (tertiary/aromatic N) is 1. The normalized spacial score (nSPS) is 19.7. The van der Waals surface area contributed by atoms with Crippen LogP contribution in [0.2, 0.25) is 0 Å². The van der Waals surface area contributed by atoms with Crippen LogP contribution in [0.15, 0.2) is 60.7 Å². The molecular weight excluding hydrogens is 274 g/mol. The van der Waals surface area contributed by atoms with Gasteiger partial charge in [-0.15, -0.1) is 0 Å². The first-order chi connectivity index (χ1) is 10.8. The van der Waals surface area contributed by atoms with Crippen molar-refractivity contribution in [1.82, 2.24) is 4.90 Å². The minimum Gasteiger partial charge on any atom is -0.386 e. The minimum absolute atomic E-state index is 0.0141. The van der Waals surface area contributed by atoms with Crippen LogP contribution >= 0.6 is 0 Å². The molecule has 1 amide bonds. The Kier molecular flexibility index (Phi) is 4.54. The van der Waals surface area contributed by atoms with Crippen molar-refractivity contribution in [2.75, 3.05) is 6.54 Å². The average molecular weight is 295 g/mol. The number of amides is 1. The molecule has 0 radical (unpaired) electrons. The third-order valence-electron chi connectivity index (χ3n) is 4.34. The summed E-state index contributed by atoms with van der Waals surface area (Å²) in [5, 5.41) is 10.7. The van der Waals surface area contributed by atoms with Crippen LogP contribution in [0.25, 0.3) is 0 Å². The molecular formula is C19H21NO2. The second-order valence-electron chi connectivity index (χ2n) is 5.78. The molecule has 0 unspecified atom stereocenters. The third-order valence-corrected chi connectivity index (χ3v) is 4.34. The molecule has 2 atom stereocenters. The number of hydrogen-bond acceptors (Lipinski definition) is 2. The SMILES string of the molecule is O=C(c1ccccc1)N1CCCC[C@@H]1[C@H](O)c1ccccc1. The van der Waals surface area contributed by atoms with Gasteiger partial charge in [0.1, 0.15) is 0 Å². The van der Waals surface area contributed by atoms with Crippen LogP contribution in [0.4, 0.5) is 0 Å². The summed E-state index contributed by atoms with van der Waals surface area (Å²) in [6, 6.07) is 18.8. The van der Waals surface area contributed by atoms with E-state index in [2.05, 4.69) is 0 Å². The molecule has 1 heterocycles. The van der Waals surface area contributed by atoms with Gasteiger partial charge in [-0.3, -0.25) is 4.79 Å². The molecule has 1 N–H and O–H groups in total. The Morgan fingerprint density at radius 3 is 2.32 bits per heavy atom. The Labute approximate surface area is 131 Å². The standard InChI is InChI=1S/C19H21NO2/c21-18(15-9-3-1-4-10-15)17-13-7-8-14-20(17)19(22)16-11-5-2-6-12-16/h1-6,9-12,17-18,21H,7-8,13-14H2/t17-,18-/m1/s1. The van der Waals surface area contributed by atoms with Crippen LogP contribution in [0.1, 0.15) is 41.3 Å². The Hall–Kier alpha value is -2.13. The Balaban J connectivity index is 1.84. The van der Waals surface area contributed by atoms with Crippen LogP contribution in [0.3, 0.4) is 0 Å². The van der Waals surface area contributed by atoms with Gasteiger partial charge >= 0.3 is 0 Å². The van der Waals surface area contributed by atoms with Crippen LogP contribution < -0.4 is 0 Å². The number of hydrogen-bond donors (Lipinski definition) is 1. The molecule has 2 aromatic rings. The molecule has 1 saturated heterocycles. The molecule has 1 aliphatic heterocycles. The molecule has 0 aliphatic carbocycles. The predicted molar refractivity (Wildman–Crippen MR) is 86.5 cm³/mol. The highest BCUT2D eigenvalue weighted by molar-refractivity contribution is 5.94. The number of benzene rings is 2. The second-order valence-corrected chi connectivity index (χ2v) is 5.78. The summed E-state index contributed by atoms with van der Waals surface area (Å²) in [4.78, 5) is 14.6. The van der Waals surface area contributed by atoms with E-state index in [1.54, 1.807) is 0 Å². The van der Waals surface area contributed by atoms with Gasteiger partial charge in [-0.1, -0.05) is 48.5 Å². The highest BCUT2D eigenvalue weighted by Gasteiger charge is 2.33. The quantitative estimate of drug-likeness (QED) is 0.942. The average Bonchev–Trinajstić information content (AvgIpc) is 2.62. The maximum atomic E-state index is 12.8. The van der Waals surface area contributed by atoms with E-state index in [-0.39, 0.29) is 11.9 Å². The maximum Gasteiger partial charge on any atom is 0.254 e. The number of carbonyl (C=O) groups is 1. The van der Waals surface area contributed by atoms with Gasteiger partial charge in [0, 0.05) is 12.1 Å². The van der Waals surface area contributed by atoms with Crippen molar-refractivity contribution >= 4 is 5.91 Å². The molecule has 3 heteroatoms. The summed E-state index contributed by atoms with van der Waals surface area (Å²) in [5.41, 5.74) is 1.56. The van der Waals surface area contributed by atoms with Crippen molar-refractivity contribution in [2.45, 2.75) is 31.4 Å². The summed E-state index contributed by atoms with van der Waals surface area (Å²) in [5.74, 6) is 0.0141. The summed E-state index contributed by atoms with van der Waals surface area (Å²) < 4.78 is 0. The van der Waals surface area contributed by atoms with Gasteiger partial charge < -0.3 is 10.0 Å². The molecule has 1 fully saturated rings. The van der Waals surface area contributed by atoms with Crippen LogP contribution in [0.5, 0.6) is 0 Å². The van der Waals surface area contributed by atoms with Gasteiger partial charge in [0.05, 0.1) is 12.1 Å². The molecule has 2 aromatic carbocycles. The van der Waals surface area contributed by atoms with Crippen molar-refractivity contribution in [1.29, 1.82) is 0 Å². The lowest BCUT2D eigenvalue weighted by Crippen LogP contribution is -2.46. The first kappa shape index (κ1) is 14.8. The van der Waals surface area contributed by atoms with E-state index in [1.165, 1.54) is 0 Å². The van der Waals surface area contributed by atoms with Crippen molar-refractivity contribution < 1.29 is 9.90 Å². The van der Waals surface area contributed by atoms with E-state index in [9.17, 15) is 9.90 Å². The van der Waals surface area contributed by atoms with E-state index in [0.29, 0.717) is 12.1 Å². The summed E-state index contributed by atoms with van der Waals surface area (Å²) in [6.45, 7) is 0.711. The Morgan fingerprint density at radius 2 is 1.64 bits per heavy atom. The smallest absolute Gasteiger partial charge is 0.254 e. The summed E-state index contributed by atoms with van der Waals surface area (Å²) in [6.07, 6.45) is 2.26. The van der Waals surface area contributed by atoms with Gasteiger partial charge in [0.2, 0.25) is 0 Å². The van der Waals surface area contributed by atoms with Crippen molar-refractivity contribution in [3.05, 3.63) is 71.8 Å². The zero-order chi connectivity index (χ0) is 15.4. The van der Waals surface area contributed by atoms with Crippen LogP contribution in [-0.2, 0) is 0 Å². The molecule has 0 saturated carbocycles. The lowest BCUT2D eigenvalue weighted by atomic mass is 9.92. The van der Waals surface area contributed by atoms with Crippen molar-refractivity contribution in [3.8, 4) is 0 Å². The molecule has 0 spiro atoms. The van der Waals surface area contributed by atoms with E-state index in [4.69, 9.17) is 0 Å². The number of piperidine rings is 1. The van der Waals surface area contributed by atoms with E-state index < -0.39 is 6.10 Å². The van der Waals surface area contributed by atoms with Gasteiger partial charge in [-0.2, -0.15) is 0 Å². The monoisotopic (exact) mass is 295 g/mol. The fourth-order valence-electron chi connectivity index (χ4n) is 3.16. The highest BCUT2D eigenvalue weighted by atomic mass is 16.3. The largest absolute Gasteiger partial charge is 0.386 e. The molecule has 114 valence electrons. The minimum atomic E-state index is -0.630. The maximum absolute atomic E-state index is 12.8. The number of carbonyl (C=O) groups excluding carboxylic acids is 1. The van der Waals surface area contributed by atoms with Crippen molar-refractivity contribution in [3.63, 3.8) is 0 Å². The predicted octanol–water partition coefficient (Wildman–Crippen LogP) is 3.41. The fraction of sp³-hybridized carbons (Fsp3) is 0.316. The van der Waals surface area contributed by atoms with E-state index in [0.717, 1.165) is 24.8 Å². The Bertz CT molecular complexity index is 612. The molecule has 3 nitrogen and oxygen atoms in total. The molecule has 0 bridgehead atoms. The first-order valence-electron chi connectivity index (χ1n) is 7.86. The fourth-order valence-corrected chi connectivity index (χ4v) is 3.16. The highest BCUT2D eigenvalue weighted by Crippen LogP contribution is 2.29. The van der Waals surface area contributed by atoms with Gasteiger partial charge in [0.15, 0.2) is 0 Å². The molecule has 3 rings (SSSR count). The summed E-state index contributed by atoms with van der Waals surface area (Å²) in [7, 11) is 0. The van der Waals surface area contributed by atoms with Crippen LogP contribution in [0, 0.1) is 0 Å². The summed E-state index contributed by atoms with van der Waals surface area (Å²) >= 11 is 0. The number of rotatable bonds is 3. The van der Waals surface area contributed by atoms with Crippen molar-refractivity contribution in [2.24, 2.45) is 0 Å². The van der Waals surface area contributed by atoms with Gasteiger partial charge in [-0.25, -0.2) is 0 Å². The number of likely N-dealkylation sites (tertiary alicyclic amines) is 1.